The number of hydrogen-bond donors (Lipinski definition) is 0. The third kappa shape index (κ3) is 2.86. The fourth-order valence-electron chi connectivity index (χ4n) is 2.69. The molecule has 0 saturated carbocycles. The molecule has 0 radical (unpaired) electrons. The molecule has 2 aromatic rings. The Morgan fingerprint density at radius 1 is 1.33 bits per heavy atom. The highest BCUT2D eigenvalue weighted by Crippen LogP contribution is 2.36. The van der Waals surface area contributed by atoms with E-state index in [2.05, 4.69) is 4.90 Å². The number of sulfone groups is 1. The Balaban J connectivity index is 2.25. The molecule has 0 unspecified atom stereocenters. The van der Waals surface area contributed by atoms with E-state index < -0.39 is 9.84 Å². The fourth-order valence-corrected chi connectivity index (χ4v) is 3.32. The number of furan rings is 1. The van der Waals surface area contributed by atoms with Gasteiger partial charge in [-0.05, 0) is 37.2 Å². The average Bonchev–Trinajstić information content (AvgIpc) is 2.62. The van der Waals surface area contributed by atoms with Crippen LogP contribution < -0.4 is 0 Å². The van der Waals surface area contributed by atoms with Crippen LogP contribution in [-0.2, 0) is 22.8 Å². The van der Waals surface area contributed by atoms with Crippen molar-refractivity contribution in [3.8, 4) is 0 Å². The Hall–Kier alpha value is -1.30. The zero-order chi connectivity index (χ0) is 15.2. The summed E-state index contributed by atoms with van der Waals surface area (Å²) in [5, 5.41) is 2.94. The average molecular weight is 326 g/mol. The second-order valence-electron chi connectivity index (χ2n) is 5.46. The molecule has 0 aliphatic carbocycles. The van der Waals surface area contributed by atoms with Crippen LogP contribution in [0.15, 0.2) is 22.0 Å². The number of rotatable bonds is 2. The van der Waals surface area contributed by atoms with E-state index in [-0.39, 0.29) is 0 Å². The van der Waals surface area contributed by atoms with Crippen molar-refractivity contribution in [2.75, 3.05) is 19.8 Å². The summed E-state index contributed by atoms with van der Waals surface area (Å²) in [5.74, 6) is 0.590. The van der Waals surface area contributed by atoms with E-state index in [1.807, 2.05) is 19.2 Å². The summed E-state index contributed by atoms with van der Waals surface area (Å²) in [7, 11) is -1.16. The standard InChI is InChI=1S/C15H16ClNO3S/c1-17-7-5-10-12(16)3-4-14-15(10)11(9-17)13(20-14)6-8-21(2,18)19/h3-4,6,8H,5,7,9H2,1-2H3. The maximum Gasteiger partial charge on any atom is 0.168 e. The first-order valence-corrected chi connectivity index (χ1v) is 8.98. The Labute approximate surface area is 128 Å². The molecule has 3 rings (SSSR count). The van der Waals surface area contributed by atoms with Crippen molar-refractivity contribution in [3.05, 3.63) is 39.5 Å². The lowest BCUT2D eigenvalue weighted by Crippen LogP contribution is -2.18. The predicted octanol–water partition coefficient (Wildman–Crippen LogP) is 3.09. The van der Waals surface area contributed by atoms with Crippen molar-refractivity contribution >= 4 is 38.5 Å². The van der Waals surface area contributed by atoms with Crippen LogP contribution in [0, 0.1) is 0 Å². The SMILES string of the molecule is CN1CCc2c(Cl)ccc3oc(C=CS(C)(=O)=O)c(c23)C1. The maximum absolute atomic E-state index is 11.3. The van der Waals surface area contributed by atoms with Gasteiger partial charge in [0.2, 0.25) is 0 Å². The van der Waals surface area contributed by atoms with Crippen molar-refractivity contribution in [3.63, 3.8) is 0 Å². The molecule has 0 fully saturated rings. The summed E-state index contributed by atoms with van der Waals surface area (Å²) < 4.78 is 28.5. The van der Waals surface area contributed by atoms with Crippen LogP contribution in [0.5, 0.6) is 0 Å². The first kappa shape index (κ1) is 14.6. The van der Waals surface area contributed by atoms with Crippen molar-refractivity contribution in [2.24, 2.45) is 0 Å². The Morgan fingerprint density at radius 2 is 2.10 bits per heavy atom. The van der Waals surface area contributed by atoms with E-state index in [1.54, 1.807) is 0 Å². The van der Waals surface area contributed by atoms with Gasteiger partial charge in [-0.2, -0.15) is 0 Å². The molecular formula is C15H16ClNO3S. The van der Waals surface area contributed by atoms with Crippen LogP contribution in [0.2, 0.25) is 5.02 Å². The van der Waals surface area contributed by atoms with E-state index in [0.29, 0.717) is 12.3 Å². The van der Waals surface area contributed by atoms with E-state index in [4.69, 9.17) is 16.0 Å². The van der Waals surface area contributed by atoms with Crippen LogP contribution >= 0.6 is 11.6 Å². The first-order valence-electron chi connectivity index (χ1n) is 6.64. The molecule has 1 aliphatic heterocycles. The highest BCUT2D eigenvalue weighted by molar-refractivity contribution is 7.93. The van der Waals surface area contributed by atoms with Crippen LogP contribution in [0.3, 0.4) is 0 Å². The summed E-state index contributed by atoms with van der Waals surface area (Å²) in [4.78, 5) is 2.18. The number of nitrogens with zero attached hydrogens (tertiary/aromatic N) is 1. The summed E-state index contributed by atoms with van der Waals surface area (Å²) in [5.41, 5.74) is 2.84. The Kier molecular flexibility index (Phi) is 3.59. The topological polar surface area (TPSA) is 50.5 Å². The molecular weight excluding hydrogens is 310 g/mol. The molecule has 0 spiro atoms. The van der Waals surface area contributed by atoms with Crippen LogP contribution in [0.4, 0.5) is 0 Å². The Bertz CT molecular complexity index is 836. The lowest BCUT2D eigenvalue weighted by Gasteiger charge is -2.12. The molecule has 21 heavy (non-hydrogen) atoms. The van der Waals surface area contributed by atoms with Crippen molar-refractivity contribution in [1.82, 2.24) is 4.90 Å². The minimum absolute atomic E-state index is 0.590. The van der Waals surface area contributed by atoms with Gasteiger partial charge in [-0.3, -0.25) is 0 Å². The number of halogens is 1. The van der Waals surface area contributed by atoms with Gasteiger partial charge in [-0.15, -0.1) is 0 Å². The maximum atomic E-state index is 11.3. The summed E-state index contributed by atoms with van der Waals surface area (Å²) in [6.07, 6.45) is 3.55. The zero-order valence-electron chi connectivity index (χ0n) is 11.9. The van der Waals surface area contributed by atoms with Gasteiger partial charge in [0.25, 0.3) is 0 Å². The molecule has 112 valence electrons. The highest BCUT2D eigenvalue weighted by Gasteiger charge is 2.22. The van der Waals surface area contributed by atoms with Gasteiger partial charge < -0.3 is 9.32 Å². The highest BCUT2D eigenvalue weighted by atomic mass is 35.5. The van der Waals surface area contributed by atoms with Crippen molar-refractivity contribution in [1.29, 1.82) is 0 Å². The molecule has 2 heterocycles. The monoisotopic (exact) mass is 325 g/mol. The molecule has 1 aromatic heterocycles. The molecule has 1 aliphatic rings. The molecule has 0 bridgehead atoms. The van der Waals surface area contributed by atoms with Gasteiger partial charge in [0.1, 0.15) is 11.3 Å². The smallest absolute Gasteiger partial charge is 0.168 e. The van der Waals surface area contributed by atoms with Gasteiger partial charge in [-0.25, -0.2) is 8.42 Å². The summed E-state index contributed by atoms with van der Waals surface area (Å²) in [6.45, 7) is 1.62. The molecule has 0 saturated heterocycles. The largest absolute Gasteiger partial charge is 0.456 e. The summed E-state index contributed by atoms with van der Waals surface area (Å²) >= 11 is 6.31. The van der Waals surface area contributed by atoms with Crippen molar-refractivity contribution in [2.45, 2.75) is 13.0 Å². The van der Waals surface area contributed by atoms with E-state index >= 15 is 0 Å². The Morgan fingerprint density at radius 3 is 2.81 bits per heavy atom. The molecule has 0 N–H and O–H groups in total. The van der Waals surface area contributed by atoms with Gasteiger partial charge in [0.15, 0.2) is 9.84 Å². The number of benzene rings is 1. The third-order valence-corrected chi connectivity index (χ3v) is 4.66. The molecule has 6 heteroatoms. The number of hydrogen-bond acceptors (Lipinski definition) is 4. The second kappa shape index (κ2) is 5.16. The third-order valence-electron chi connectivity index (χ3n) is 3.67. The van der Waals surface area contributed by atoms with Crippen molar-refractivity contribution < 1.29 is 12.8 Å². The van der Waals surface area contributed by atoms with Gasteiger partial charge in [0.05, 0.1) is 0 Å². The van der Waals surface area contributed by atoms with E-state index in [1.165, 1.54) is 17.7 Å². The predicted molar refractivity (Wildman–Crippen MR) is 85.1 cm³/mol. The van der Waals surface area contributed by atoms with Crippen LogP contribution in [0.25, 0.3) is 17.0 Å². The molecule has 0 amide bonds. The van der Waals surface area contributed by atoms with Gasteiger partial charge in [-0.1, -0.05) is 11.6 Å². The van der Waals surface area contributed by atoms with Gasteiger partial charge in [0, 0.05) is 40.7 Å². The first-order chi connectivity index (χ1) is 9.85. The summed E-state index contributed by atoms with van der Waals surface area (Å²) in [6, 6.07) is 3.68. The second-order valence-corrected chi connectivity index (χ2v) is 7.80. The normalized spacial score (nSPS) is 16.7. The minimum Gasteiger partial charge on any atom is -0.456 e. The molecule has 4 nitrogen and oxygen atoms in total. The fraction of sp³-hybridized carbons (Fsp3) is 0.333. The molecule has 0 atom stereocenters. The lowest BCUT2D eigenvalue weighted by atomic mass is 10.0. The number of likely N-dealkylation sites (N-methyl/N-ethyl adjacent to an activating group) is 1. The van der Waals surface area contributed by atoms with E-state index in [0.717, 1.165) is 40.1 Å². The van der Waals surface area contributed by atoms with Gasteiger partial charge >= 0.3 is 0 Å². The lowest BCUT2D eigenvalue weighted by molar-refractivity contribution is 0.334. The molecule has 1 aromatic carbocycles. The van der Waals surface area contributed by atoms with E-state index in [9.17, 15) is 8.42 Å². The zero-order valence-corrected chi connectivity index (χ0v) is 13.5. The van der Waals surface area contributed by atoms with Crippen LogP contribution in [-0.4, -0.2) is 33.2 Å². The minimum atomic E-state index is -3.19. The van der Waals surface area contributed by atoms with Crippen LogP contribution in [0.1, 0.15) is 16.9 Å². The quantitative estimate of drug-likeness (QED) is 0.851.